The van der Waals surface area contributed by atoms with E-state index in [0.717, 1.165) is 29.5 Å². The van der Waals surface area contributed by atoms with Crippen molar-refractivity contribution in [2.45, 2.75) is 25.3 Å². The highest BCUT2D eigenvalue weighted by atomic mass is 79.9. The summed E-state index contributed by atoms with van der Waals surface area (Å²) in [6, 6.07) is 5.50. The van der Waals surface area contributed by atoms with E-state index in [9.17, 15) is 9.59 Å². The molecule has 10 heteroatoms. The predicted molar refractivity (Wildman–Crippen MR) is 110 cm³/mol. The van der Waals surface area contributed by atoms with Crippen LogP contribution in [0.15, 0.2) is 28.9 Å². The number of nitriles is 1. The molecule has 0 spiro atoms. The maximum absolute atomic E-state index is 11.8. The van der Waals surface area contributed by atoms with Gasteiger partial charge in [-0.2, -0.15) is 5.10 Å². The van der Waals surface area contributed by atoms with Crippen molar-refractivity contribution in [1.29, 1.82) is 5.26 Å². The Hall–Kier alpha value is -2.90. The molecular formula is C19H22BrN5O4. The van der Waals surface area contributed by atoms with Gasteiger partial charge in [-0.3, -0.25) is 14.3 Å². The van der Waals surface area contributed by atoms with Crippen molar-refractivity contribution in [3.05, 3.63) is 40.0 Å². The standard InChI is InChI=1S/C18H21BrN4O4.CHN/c1-26-16(24)7-11-4-5-12(8-15(11)19)21-18-14(17(20)25)9-23(22-18)13-3-2-6-27-10-13;1-2/h4-5,8-9,13H,2-3,6-7,10H2,1H3,(H2,20,25)(H,21,22);1H/t13-;/m1./s1. The summed E-state index contributed by atoms with van der Waals surface area (Å²) in [5, 5.41) is 14.1. The number of methoxy groups -OCH3 is 1. The van der Waals surface area contributed by atoms with E-state index in [1.165, 1.54) is 7.11 Å². The zero-order valence-corrected chi connectivity index (χ0v) is 17.5. The molecule has 0 unspecified atom stereocenters. The maximum Gasteiger partial charge on any atom is 0.310 e. The lowest BCUT2D eigenvalue weighted by molar-refractivity contribution is -0.139. The van der Waals surface area contributed by atoms with Gasteiger partial charge in [0.2, 0.25) is 0 Å². The number of rotatable bonds is 6. The second-order valence-electron chi connectivity index (χ2n) is 6.29. The number of halogens is 1. The molecular weight excluding hydrogens is 442 g/mol. The number of amides is 1. The summed E-state index contributed by atoms with van der Waals surface area (Å²) in [6.07, 6.45) is 3.71. The monoisotopic (exact) mass is 463 g/mol. The van der Waals surface area contributed by atoms with Gasteiger partial charge in [0.25, 0.3) is 5.91 Å². The van der Waals surface area contributed by atoms with Crippen molar-refractivity contribution in [2.75, 3.05) is 25.6 Å². The molecule has 29 heavy (non-hydrogen) atoms. The van der Waals surface area contributed by atoms with E-state index in [2.05, 4.69) is 37.7 Å². The molecule has 2 heterocycles. The summed E-state index contributed by atoms with van der Waals surface area (Å²) in [4.78, 5) is 23.3. The van der Waals surface area contributed by atoms with Crippen LogP contribution in [0.1, 0.15) is 34.8 Å². The Labute approximate surface area is 176 Å². The minimum atomic E-state index is -0.554. The first-order valence-electron chi connectivity index (χ1n) is 8.82. The number of hydrogen-bond acceptors (Lipinski definition) is 7. The lowest BCUT2D eigenvalue weighted by Crippen LogP contribution is -2.21. The minimum absolute atomic E-state index is 0.0848. The van der Waals surface area contributed by atoms with Crippen molar-refractivity contribution >= 4 is 39.3 Å². The molecule has 2 aromatic rings. The topological polar surface area (TPSA) is 132 Å². The highest BCUT2D eigenvalue weighted by Gasteiger charge is 2.21. The number of aromatic nitrogens is 2. The fraction of sp³-hybridized carbons (Fsp3) is 0.368. The Morgan fingerprint density at radius 3 is 2.83 bits per heavy atom. The fourth-order valence-corrected chi connectivity index (χ4v) is 3.44. The first kappa shape index (κ1) is 22.4. The lowest BCUT2D eigenvalue weighted by Gasteiger charge is -2.22. The van der Waals surface area contributed by atoms with Crippen molar-refractivity contribution in [3.63, 3.8) is 0 Å². The second kappa shape index (κ2) is 10.6. The summed E-state index contributed by atoms with van der Waals surface area (Å²) >= 11 is 3.45. The molecule has 1 amide bonds. The first-order chi connectivity index (χ1) is 14.0. The lowest BCUT2D eigenvalue weighted by atomic mass is 10.1. The van der Waals surface area contributed by atoms with Gasteiger partial charge in [-0.05, 0) is 30.5 Å². The Bertz CT molecular complexity index is 890. The molecule has 0 aliphatic carbocycles. The van der Waals surface area contributed by atoms with Crippen LogP contribution in [0.4, 0.5) is 11.5 Å². The van der Waals surface area contributed by atoms with Gasteiger partial charge >= 0.3 is 5.97 Å². The summed E-state index contributed by atoms with van der Waals surface area (Å²) in [7, 11) is 1.35. The number of nitrogens with one attached hydrogen (secondary N) is 1. The normalized spacial score (nSPS) is 15.7. The van der Waals surface area contributed by atoms with E-state index >= 15 is 0 Å². The first-order valence-corrected chi connectivity index (χ1v) is 9.62. The third-order valence-electron chi connectivity index (χ3n) is 4.39. The molecule has 1 aliphatic rings. The molecule has 0 bridgehead atoms. The number of hydrogen-bond donors (Lipinski definition) is 2. The van der Waals surface area contributed by atoms with Gasteiger partial charge in [-0.1, -0.05) is 22.0 Å². The van der Waals surface area contributed by atoms with Crippen molar-refractivity contribution < 1.29 is 19.1 Å². The Kier molecular flexibility index (Phi) is 8.18. The van der Waals surface area contributed by atoms with Crippen LogP contribution < -0.4 is 11.1 Å². The zero-order chi connectivity index (χ0) is 21.4. The summed E-state index contributed by atoms with van der Waals surface area (Å²) in [5.41, 5.74) is 7.34. The van der Waals surface area contributed by atoms with Crippen LogP contribution in [0.25, 0.3) is 0 Å². The molecule has 3 N–H and O–H groups in total. The van der Waals surface area contributed by atoms with Gasteiger partial charge in [-0.15, -0.1) is 0 Å². The average molecular weight is 464 g/mol. The Morgan fingerprint density at radius 2 is 2.24 bits per heavy atom. The molecule has 1 aliphatic heterocycles. The van der Waals surface area contributed by atoms with Crippen LogP contribution in [0.5, 0.6) is 0 Å². The van der Waals surface area contributed by atoms with Gasteiger partial charge in [0.15, 0.2) is 5.82 Å². The van der Waals surface area contributed by atoms with E-state index in [4.69, 9.17) is 15.7 Å². The molecule has 1 saturated heterocycles. The number of nitrogens with zero attached hydrogens (tertiary/aromatic N) is 3. The third kappa shape index (κ3) is 5.79. The van der Waals surface area contributed by atoms with E-state index in [1.54, 1.807) is 23.0 Å². The van der Waals surface area contributed by atoms with Gasteiger partial charge in [-0.25, -0.2) is 5.26 Å². The number of benzene rings is 1. The minimum Gasteiger partial charge on any atom is -0.469 e. The molecule has 1 aromatic carbocycles. The van der Waals surface area contributed by atoms with E-state index in [1.807, 2.05) is 6.07 Å². The van der Waals surface area contributed by atoms with Crippen molar-refractivity contribution in [3.8, 4) is 6.57 Å². The van der Waals surface area contributed by atoms with Gasteiger partial charge < -0.3 is 20.5 Å². The molecule has 9 nitrogen and oxygen atoms in total. The van der Waals surface area contributed by atoms with Crippen LogP contribution in [-0.2, 0) is 20.7 Å². The number of esters is 1. The summed E-state index contributed by atoms with van der Waals surface area (Å²) in [6.45, 7) is 4.81. The van der Waals surface area contributed by atoms with Crippen LogP contribution in [-0.4, -0.2) is 42.0 Å². The Morgan fingerprint density at radius 1 is 1.48 bits per heavy atom. The predicted octanol–water partition coefficient (Wildman–Crippen LogP) is 2.69. The fourth-order valence-electron chi connectivity index (χ4n) is 2.92. The summed E-state index contributed by atoms with van der Waals surface area (Å²) in [5.74, 6) is -0.483. The van der Waals surface area contributed by atoms with Crippen molar-refractivity contribution in [1.82, 2.24) is 9.78 Å². The Balaban J connectivity index is 0.00000145. The quantitative estimate of drug-likeness (QED) is 0.628. The van der Waals surface area contributed by atoms with E-state index < -0.39 is 5.91 Å². The second-order valence-corrected chi connectivity index (χ2v) is 7.15. The molecule has 0 radical (unpaired) electrons. The van der Waals surface area contributed by atoms with Crippen LogP contribution in [0.3, 0.4) is 0 Å². The zero-order valence-electron chi connectivity index (χ0n) is 15.9. The van der Waals surface area contributed by atoms with Gasteiger partial charge in [0.05, 0.1) is 26.2 Å². The molecule has 1 atom stereocenters. The molecule has 1 aromatic heterocycles. The molecule has 3 rings (SSSR count). The van der Waals surface area contributed by atoms with Crippen LogP contribution >= 0.6 is 15.9 Å². The number of ether oxygens (including phenoxy) is 2. The smallest absolute Gasteiger partial charge is 0.310 e. The van der Waals surface area contributed by atoms with Crippen LogP contribution in [0, 0.1) is 11.8 Å². The summed E-state index contributed by atoms with van der Waals surface area (Å²) < 4.78 is 12.7. The molecule has 154 valence electrons. The van der Waals surface area contributed by atoms with Crippen molar-refractivity contribution in [2.24, 2.45) is 5.73 Å². The maximum atomic E-state index is 11.8. The number of primary amides is 1. The van der Waals surface area contributed by atoms with Gasteiger partial charge in [0.1, 0.15) is 5.56 Å². The average Bonchev–Trinajstić information content (AvgIpc) is 3.16. The van der Waals surface area contributed by atoms with E-state index in [0.29, 0.717) is 23.7 Å². The number of nitrogens with two attached hydrogens (primary N) is 1. The molecule has 1 fully saturated rings. The third-order valence-corrected chi connectivity index (χ3v) is 5.12. The molecule has 0 saturated carbocycles. The largest absolute Gasteiger partial charge is 0.469 e. The highest BCUT2D eigenvalue weighted by molar-refractivity contribution is 9.10. The van der Waals surface area contributed by atoms with E-state index in [-0.39, 0.29) is 18.4 Å². The highest BCUT2D eigenvalue weighted by Crippen LogP contribution is 2.27. The van der Waals surface area contributed by atoms with Gasteiger partial charge in [0, 0.05) is 29.5 Å². The number of anilines is 2. The number of carbonyl (C=O) groups is 2. The number of carbonyl (C=O) groups excluding carboxylic acids is 2. The SMILES string of the molecule is C#N.COC(=O)Cc1ccc(Nc2nn([C@@H]3CCCOC3)cc2C(N)=O)cc1Br. The van der Waals surface area contributed by atoms with Crippen LogP contribution in [0.2, 0.25) is 0 Å².